The molecule has 0 aromatic carbocycles. The smallest absolute Gasteiger partial charge is 0.305 e. The summed E-state index contributed by atoms with van der Waals surface area (Å²) in [6.07, 6.45) is 93.9. The molecule has 0 aliphatic rings. The predicted octanol–water partition coefficient (Wildman–Crippen LogP) is 24.7. The second-order valence-electron chi connectivity index (χ2n) is 26.0. The van der Waals surface area contributed by atoms with Crippen molar-refractivity contribution in [2.45, 2.75) is 431 Å². The van der Waals surface area contributed by atoms with Crippen LogP contribution in [0.4, 0.5) is 0 Å². The fourth-order valence-electron chi connectivity index (χ4n) is 11.9. The summed E-state index contributed by atoms with van der Waals surface area (Å²) in [4.78, 5) is 24.6. The molecule has 0 aromatic heterocycles. The van der Waals surface area contributed by atoms with Crippen LogP contribution in [-0.4, -0.2) is 47.4 Å². The predicted molar refractivity (Wildman–Crippen MR) is 366 cm³/mol. The Morgan fingerprint density at radius 1 is 0.337 bits per heavy atom. The maximum Gasteiger partial charge on any atom is 0.305 e. The van der Waals surface area contributed by atoms with Crippen LogP contribution in [0.15, 0.2) is 36.5 Å². The number of hydrogen-bond acceptors (Lipinski definition) is 5. The summed E-state index contributed by atoms with van der Waals surface area (Å²) in [7, 11) is 0. The van der Waals surface area contributed by atoms with Crippen molar-refractivity contribution in [3.8, 4) is 0 Å². The zero-order chi connectivity index (χ0) is 59.9. The maximum atomic E-state index is 12.5. The SMILES string of the molecule is CCCCC/C=C\C/C=C\CCCCCCCCCCCC(=O)OCCCCCCCCCCCCCCCCCCCCCCCCCCCCCCCCCC(=O)NC(CO)C(O)/C=C/CCCCCCCCCCCCCCCC. The van der Waals surface area contributed by atoms with Gasteiger partial charge in [0.1, 0.15) is 0 Å². The van der Waals surface area contributed by atoms with Gasteiger partial charge in [-0.2, -0.15) is 0 Å². The van der Waals surface area contributed by atoms with Crippen molar-refractivity contribution < 1.29 is 24.5 Å². The molecule has 1 amide bonds. The van der Waals surface area contributed by atoms with E-state index in [1.165, 1.54) is 340 Å². The van der Waals surface area contributed by atoms with Gasteiger partial charge in [0.15, 0.2) is 0 Å². The van der Waals surface area contributed by atoms with Crippen LogP contribution in [-0.2, 0) is 14.3 Å². The minimum atomic E-state index is -0.842. The first-order chi connectivity index (χ1) is 41.0. The third-order valence-corrected chi connectivity index (χ3v) is 17.7. The maximum absolute atomic E-state index is 12.5. The Kier molecular flexibility index (Phi) is 70.9. The number of amides is 1. The first-order valence-corrected chi connectivity index (χ1v) is 37.8. The molecule has 0 fully saturated rings. The fraction of sp³-hybridized carbons (Fsp3) is 0.896. The summed E-state index contributed by atoms with van der Waals surface area (Å²) < 4.78 is 5.51. The van der Waals surface area contributed by atoms with Gasteiger partial charge in [0.05, 0.1) is 25.4 Å². The van der Waals surface area contributed by atoms with E-state index in [-0.39, 0.29) is 18.5 Å². The molecule has 0 aliphatic heterocycles. The van der Waals surface area contributed by atoms with E-state index < -0.39 is 12.1 Å². The number of nitrogens with one attached hydrogen (secondary N) is 1. The highest BCUT2D eigenvalue weighted by Crippen LogP contribution is 2.19. The van der Waals surface area contributed by atoms with E-state index in [9.17, 15) is 19.8 Å². The lowest BCUT2D eigenvalue weighted by atomic mass is 10.0. The summed E-state index contributed by atoms with van der Waals surface area (Å²) >= 11 is 0. The highest BCUT2D eigenvalue weighted by atomic mass is 16.5. The largest absolute Gasteiger partial charge is 0.466 e. The number of ether oxygens (including phenoxy) is 1. The Labute approximate surface area is 519 Å². The molecular formula is C77H147NO5. The quantitative estimate of drug-likeness (QED) is 0.0320. The van der Waals surface area contributed by atoms with Gasteiger partial charge in [-0.3, -0.25) is 9.59 Å². The molecule has 0 aromatic rings. The number of unbranched alkanes of at least 4 members (excludes halogenated alkanes) is 56. The first kappa shape index (κ1) is 81.1. The number of rotatable bonds is 71. The molecule has 83 heavy (non-hydrogen) atoms. The summed E-state index contributed by atoms with van der Waals surface area (Å²) in [6, 6.07) is -0.625. The highest BCUT2D eigenvalue weighted by Gasteiger charge is 2.18. The van der Waals surface area contributed by atoms with E-state index >= 15 is 0 Å². The lowest BCUT2D eigenvalue weighted by molar-refractivity contribution is -0.143. The van der Waals surface area contributed by atoms with Crippen molar-refractivity contribution in [3.63, 3.8) is 0 Å². The molecule has 2 unspecified atom stereocenters. The molecule has 0 rings (SSSR count). The molecule has 0 spiro atoms. The van der Waals surface area contributed by atoms with Gasteiger partial charge < -0.3 is 20.3 Å². The Morgan fingerprint density at radius 3 is 0.940 bits per heavy atom. The van der Waals surface area contributed by atoms with E-state index in [0.29, 0.717) is 19.4 Å². The van der Waals surface area contributed by atoms with Crippen LogP contribution in [0, 0.1) is 0 Å². The molecule has 0 saturated heterocycles. The molecule has 6 heteroatoms. The average molecular weight is 1170 g/mol. The van der Waals surface area contributed by atoms with Crippen molar-refractivity contribution in [2.24, 2.45) is 0 Å². The monoisotopic (exact) mass is 1170 g/mol. The van der Waals surface area contributed by atoms with Crippen molar-refractivity contribution in [1.29, 1.82) is 0 Å². The summed E-state index contributed by atoms with van der Waals surface area (Å²) in [5.74, 6) is -0.0437. The number of allylic oxidation sites excluding steroid dienone is 5. The minimum Gasteiger partial charge on any atom is -0.466 e. The molecule has 0 saturated carbocycles. The van der Waals surface area contributed by atoms with Crippen molar-refractivity contribution in [1.82, 2.24) is 5.32 Å². The third kappa shape index (κ3) is 69.1. The van der Waals surface area contributed by atoms with Crippen molar-refractivity contribution in [3.05, 3.63) is 36.5 Å². The highest BCUT2D eigenvalue weighted by molar-refractivity contribution is 5.76. The average Bonchev–Trinajstić information content (AvgIpc) is 3.49. The molecule has 0 radical (unpaired) electrons. The van der Waals surface area contributed by atoms with Crippen LogP contribution >= 0.6 is 0 Å². The van der Waals surface area contributed by atoms with Gasteiger partial charge in [0.2, 0.25) is 5.91 Å². The number of carbonyl (C=O) groups is 2. The summed E-state index contributed by atoms with van der Waals surface area (Å²) in [5, 5.41) is 23.2. The molecule has 6 nitrogen and oxygen atoms in total. The Balaban J connectivity index is 3.33. The molecule has 0 bridgehead atoms. The van der Waals surface area contributed by atoms with Crippen LogP contribution in [0.25, 0.3) is 0 Å². The van der Waals surface area contributed by atoms with Crippen molar-refractivity contribution in [2.75, 3.05) is 13.2 Å². The van der Waals surface area contributed by atoms with Gasteiger partial charge in [-0.15, -0.1) is 0 Å². The fourth-order valence-corrected chi connectivity index (χ4v) is 11.9. The van der Waals surface area contributed by atoms with Gasteiger partial charge in [-0.25, -0.2) is 0 Å². The molecule has 2 atom stereocenters. The molecule has 3 N–H and O–H groups in total. The zero-order valence-electron chi connectivity index (χ0n) is 56.2. The lowest BCUT2D eigenvalue weighted by Crippen LogP contribution is -2.45. The number of esters is 1. The van der Waals surface area contributed by atoms with Crippen LogP contribution in [0.3, 0.4) is 0 Å². The third-order valence-electron chi connectivity index (χ3n) is 17.7. The van der Waals surface area contributed by atoms with Crippen LogP contribution in [0.1, 0.15) is 418 Å². The second-order valence-corrected chi connectivity index (χ2v) is 26.0. The zero-order valence-corrected chi connectivity index (χ0v) is 56.2. The molecule has 490 valence electrons. The molecular weight excluding hydrogens is 1020 g/mol. The number of carbonyl (C=O) groups excluding carboxylic acids is 2. The van der Waals surface area contributed by atoms with Crippen molar-refractivity contribution >= 4 is 11.9 Å². The van der Waals surface area contributed by atoms with Crippen LogP contribution in [0.5, 0.6) is 0 Å². The van der Waals surface area contributed by atoms with E-state index in [0.717, 1.165) is 51.4 Å². The van der Waals surface area contributed by atoms with Gasteiger partial charge in [-0.1, -0.05) is 378 Å². The van der Waals surface area contributed by atoms with E-state index in [1.54, 1.807) is 6.08 Å². The Bertz CT molecular complexity index is 1340. The van der Waals surface area contributed by atoms with E-state index in [1.807, 2.05) is 6.08 Å². The Hall–Kier alpha value is -1.92. The topological polar surface area (TPSA) is 95.9 Å². The van der Waals surface area contributed by atoms with Crippen LogP contribution < -0.4 is 5.32 Å². The first-order valence-electron chi connectivity index (χ1n) is 37.8. The standard InChI is InChI=1S/C77H147NO5/c1-3-5-7-9-11-13-15-17-19-21-35-39-43-47-51-55-59-63-67-71-77(82)83-72-68-64-60-56-52-48-44-40-37-34-32-30-28-26-24-22-23-25-27-29-31-33-36-38-42-46-50-54-58-62-66-70-76(81)78-74(73-79)75(80)69-65-61-57-53-49-45-41-20-18-16-14-12-10-8-6-4-2/h11,13,17,19,65,69,74-75,79-80H,3-10,12,14-16,18,20-64,66-68,70-73H2,1-2H3,(H,78,81)/b13-11-,19-17-,69-65+. The van der Waals surface area contributed by atoms with Gasteiger partial charge in [-0.05, 0) is 64.2 Å². The second kappa shape index (κ2) is 72.6. The number of aliphatic hydroxyl groups excluding tert-OH is 2. The summed E-state index contributed by atoms with van der Waals surface area (Å²) in [5.41, 5.74) is 0. The number of aliphatic hydroxyl groups is 2. The lowest BCUT2D eigenvalue weighted by Gasteiger charge is -2.20. The van der Waals surface area contributed by atoms with Gasteiger partial charge in [0, 0.05) is 12.8 Å². The molecule has 0 aliphatic carbocycles. The van der Waals surface area contributed by atoms with Crippen LogP contribution in [0.2, 0.25) is 0 Å². The van der Waals surface area contributed by atoms with E-state index in [4.69, 9.17) is 4.74 Å². The minimum absolute atomic E-state index is 0.0172. The normalized spacial score (nSPS) is 12.7. The Morgan fingerprint density at radius 2 is 0.602 bits per heavy atom. The summed E-state index contributed by atoms with van der Waals surface area (Å²) in [6.45, 7) is 4.92. The molecule has 0 heterocycles. The van der Waals surface area contributed by atoms with E-state index in [2.05, 4.69) is 43.5 Å². The number of hydrogen-bond donors (Lipinski definition) is 3. The van der Waals surface area contributed by atoms with Gasteiger partial charge >= 0.3 is 5.97 Å². The van der Waals surface area contributed by atoms with Gasteiger partial charge in [0.25, 0.3) is 0 Å².